The van der Waals surface area contributed by atoms with Crippen molar-refractivity contribution in [3.05, 3.63) is 34.0 Å². The molecule has 0 bridgehead atoms. The average Bonchev–Trinajstić information content (AvgIpc) is 2.75. The molecule has 17 heavy (non-hydrogen) atoms. The molecule has 0 atom stereocenters. The predicted molar refractivity (Wildman–Crippen MR) is 65.2 cm³/mol. The molecule has 0 saturated heterocycles. The van der Waals surface area contributed by atoms with Crippen molar-refractivity contribution >= 4 is 12.2 Å². The summed E-state index contributed by atoms with van der Waals surface area (Å²) in [7, 11) is 0. The quantitative estimate of drug-likeness (QED) is 0.788. The zero-order valence-corrected chi connectivity index (χ0v) is 10.3. The zero-order valence-electron chi connectivity index (χ0n) is 9.45. The number of hydrogen-bond acceptors (Lipinski definition) is 4. The van der Waals surface area contributed by atoms with Crippen molar-refractivity contribution in [2.24, 2.45) is 0 Å². The van der Waals surface area contributed by atoms with Crippen LogP contribution in [-0.4, -0.2) is 16.6 Å². The number of furan rings is 1. The van der Waals surface area contributed by atoms with Gasteiger partial charge in [-0.3, -0.25) is 0 Å². The maximum absolute atomic E-state index is 5.39. The fourth-order valence-electron chi connectivity index (χ4n) is 2.01. The van der Waals surface area contributed by atoms with E-state index in [9.17, 15) is 0 Å². The van der Waals surface area contributed by atoms with E-state index < -0.39 is 0 Å². The van der Waals surface area contributed by atoms with Crippen LogP contribution in [-0.2, 0) is 17.8 Å². The second kappa shape index (κ2) is 4.09. The molecule has 2 aromatic rings. The van der Waals surface area contributed by atoms with E-state index in [0.717, 1.165) is 41.4 Å². The topological polar surface area (TPSA) is 51.0 Å². The average molecular weight is 248 g/mol. The number of rotatable bonds is 1. The molecule has 0 aromatic carbocycles. The van der Waals surface area contributed by atoms with Gasteiger partial charge in [0, 0.05) is 17.7 Å². The summed E-state index contributed by atoms with van der Waals surface area (Å²) in [6.45, 7) is 3.20. The van der Waals surface area contributed by atoms with Crippen molar-refractivity contribution in [2.45, 2.75) is 20.0 Å². The Bertz CT molecular complexity index is 615. The third-order valence-electron chi connectivity index (χ3n) is 2.96. The Morgan fingerprint density at radius 2 is 2.35 bits per heavy atom. The van der Waals surface area contributed by atoms with E-state index in [1.54, 1.807) is 6.26 Å². The van der Waals surface area contributed by atoms with Gasteiger partial charge >= 0.3 is 0 Å². The molecule has 3 rings (SSSR count). The largest absolute Gasteiger partial charge is 0.469 e. The van der Waals surface area contributed by atoms with Gasteiger partial charge in [0.1, 0.15) is 16.2 Å². The number of aryl methyl sites for hydroxylation is 1. The summed E-state index contributed by atoms with van der Waals surface area (Å²) >= 11 is 5.30. The van der Waals surface area contributed by atoms with Gasteiger partial charge in [0.05, 0.1) is 25.0 Å². The molecule has 0 fully saturated rings. The normalized spacial score (nSPS) is 14.6. The number of hydrogen-bond donors (Lipinski definition) is 1. The summed E-state index contributed by atoms with van der Waals surface area (Å²) in [5.74, 6) is 1.62. The van der Waals surface area contributed by atoms with Crippen molar-refractivity contribution in [3.63, 3.8) is 0 Å². The molecule has 0 amide bonds. The molecule has 1 aliphatic rings. The smallest absolute Gasteiger partial charge is 0.142 e. The molecule has 4 nitrogen and oxygen atoms in total. The molecule has 0 aliphatic carbocycles. The fourth-order valence-corrected chi connectivity index (χ4v) is 2.29. The number of nitrogens with one attached hydrogen (secondary N) is 1. The van der Waals surface area contributed by atoms with Gasteiger partial charge in [0.25, 0.3) is 0 Å². The Labute approximate surface area is 104 Å². The van der Waals surface area contributed by atoms with Crippen molar-refractivity contribution in [1.29, 1.82) is 0 Å². The van der Waals surface area contributed by atoms with E-state index in [2.05, 4.69) is 9.97 Å². The standard InChI is InChI=1S/C12H12N2O2S/c1-7-8(2-5-16-7)11-13-10-3-4-15-6-9(10)12(17)14-11/h2,5H,3-4,6H2,1H3,(H,13,14,17). The summed E-state index contributed by atoms with van der Waals surface area (Å²) in [5, 5.41) is 0. The lowest BCUT2D eigenvalue weighted by Gasteiger charge is -2.16. The van der Waals surface area contributed by atoms with Crippen LogP contribution in [0.4, 0.5) is 0 Å². The highest BCUT2D eigenvalue weighted by molar-refractivity contribution is 7.71. The predicted octanol–water partition coefficient (Wildman–Crippen LogP) is 2.78. The molecule has 88 valence electrons. The first-order chi connectivity index (χ1) is 8.25. The Kier molecular flexibility index (Phi) is 2.57. The van der Waals surface area contributed by atoms with Crippen LogP contribution < -0.4 is 0 Å². The Morgan fingerprint density at radius 3 is 3.12 bits per heavy atom. The van der Waals surface area contributed by atoms with E-state index >= 15 is 0 Å². The molecular weight excluding hydrogens is 236 g/mol. The van der Waals surface area contributed by atoms with Gasteiger partial charge in [-0.1, -0.05) is 12.2 Å². The molecule has 1 N–H and O–H groups in total. The van der Waals surface area contributed by atoms with Crippen molar-refractivity contribution in [2.75, 3.05) is 6.61 Å². The van der Waals surface area contributed by atoms with Crippen molar-refractivity contribution in [1.82, 2.24) is 9.97 Å². The number of aromatic nitrogens is 2. The minimum atomic E-state index is 0.558. The number of fused-ring (bicyclic) bond motifs is 1. The minimum absolute atomic E-state index is 0.558. The molecule has 0 spiro atoms. The first-order valence-electron chi connectivity index (χ1n) is 5.50. The van der Waals surface area contributed by atoms with E-state index in [1.165, 1.54) is 0 Å². The molecule has 5 heteroatoms. The third-order valence-corrected chi connectivity index (χ3v) is 3.30. The lowest BCUT2D eigenvalue weighted by Crippen LogP contribution is -2.14. The summed E-state index contributed by atoms with van der Waals surface area (Å²) in [4.78, 5) is 7.74. The molecule has 0 unspecified atom stereocenters. The van der Waals surface area contributed by atoms with E-state index in [4.69, 9.17) is 21.4 Å². The Hall–Kier alpha value is -1.46. The lowest BCUT2D eigenvalue weighted by molar-refractivity contribution is 0.108. The van der Waals surface area contributed by atoms with Crippen molar-refractivity contribution in [3.8, 4) is 11.4 Å². The van der Waals surface area contributed by atoms with Gasteiger partial charge in [-0.2, -0.15) is 0 Å². The van der Waals surface area contributed by atoms with Gasteiger partial charge < -0.3 is 14.1 Å². The number of H-pyrrole nitrogens is 1. The maximum Gasteiger partial charge on any atom is 0.142 e. The van der Waals surface area contributed by atoms with Crippen LogP contribution in [0, 0.1) is 11.6 Å². The van der Waals surface area contributed by atoms with E-state index in [1.807, 2.05) is 13.0 Å². The van der Waals surface area contributed by atoms with Crippen LogP contribution in [0.1, 0.15) is 17.0 Å². The maximum atomic E-state index is 5.39. The van der Waals surface area contributed by atoms with Crippen LogP contribution in [0.5, 0.6) is 0 Å². The van der Waals surface area contributed by atoms with Gasteiger partial charge in [0.2, 0.25) is 0 Å². The number of aromatic amines is 1. The van der Waals surface area contributed by atoms with Gasteiger partial charge in [-0.15, -0.1) is 0 Å². The molecule has 0 saturated carbocycles. The lowest BCUT2D eigenvalue weighted by atomic mass is 10.1. The van der Waals surface area contributed by atoms with Gasteiger partial charge in [-0.25, -0.2) is 4.98 Å². The number of ether oxygens (including phenoxy) is 1. The SMILES string of the molecule is Cc1occc1-c1nc(=S)c2c([nH]1)CCOC2. The van der Waals surface area contributed by atoms with Crippen LogP contribution in [0.2, 0.25) is 0 Å². The van der Waals surface area contributed by atoms with Crippen LogP contribution in [0.25, 0.3) is 11.4 Å². The first kappa shape index (κ1) is 10.7. The first-order valence-corrected chi connectivity index (χ1v) is 5.91. The van der Waals surface area contributed by atoms with Crippen LogP contribution in [0.3, 0.4) is 0 Å². The second-order valence-corrected chi connectivity index (χ2v) is 4.43. The summed E-state index contributed by atoms with van der Waals surface area (Å²) in [5.41, 5.74) is 3.10. The monoisotopic (exact) mass is 248 g/mol. The minimum Gasteiger partial charge on any atom is -0.469 e. The highest BCUT2D eigenvalue weighted by Crippen LogP contribution is 2.23. The van der Waals surface area contributed by atoms with Gasteiger partial charge in [0.15, 0.2) is 0 Å². The summed E-state index contributed by atoms with van der Waals surface area (Å²) in [6, 6.07) is 1.90. The fraction of sp³-hybridized carbons (Fsp3) is 0.333. The Morgan fingerprint density at radius 1 is 1.47 bits per heavy atom. The molecule has 2 aromatic heterocycles. The molecule has 3 heterocycles. The number of nitrogens with zero attached hydrogens (tertiary/aromatic N) is 1. The van der Waals surface area contributed by atoms with Crippen LogP contribution in [0.15, 0.2) is 16.7 Å². The highest BCUT2D eigenvalue weighted by Gasteiger charge is 2.15. The highest BCUT2D eigenvalue weighted by atomic mass is 32.1. The zero-order chi connectivity index (χ0) is 11.8. The Balaban J connectivity index is 2.17. The van der Waals surface area contributed by atoms with E-state index in [0.29, 0.717) is 11.2 Å². The third kappa shape index (κ3) is 1.81. The second-order valence-electron chi connectivity index (χ2n) is 4.04. The van der Waals surface area contributed by atoms with E-state index in [-0.39, 0.29) is 0 Å². The molecule has 0 radical (unpaired) electrons. The summed E-state index contributed by atoms with van der Waals surface area (Å²) in [6.07, 6.45) is 2.51. The van der Waals surface area contributed by atoms with Crippen molar-refractivity contribution < 1.29 is 9.15 Å². The summed E-state index contributed by atoms with van der Waals surface area (Å²) < 4.78 is 11.3. The molecular formula is C12H12N2O2S. The van der Waals surface area contributed by atoms with Crippen LogP contribution >= 0.6 is 12.2 Å². The van der Waals surface area contributed by atoms with Gasteiger partial charge in [-0.05, 0) is 13.0 Å². The molecule has 1 aliphatic heterocycles.